The van der Waals surface area contributed by atoms with Crippen LogP contribution in [0.3, 0.4) is 0 Å². The van der Waals surface area contributed by atoms with Gasteiger partial charge in [-0.3, -0.25) is 4.79 Å². The van der Waals surface area contributed by atoms with E-state index in [9.17, 15) is 4.79 Å². The van der Waals surface area contributed by atoms with Crippen molar-refractivity contribution in [1.29, 1.82) is 0 Å². The number of allylic oxidation sites excluding steroid dienone is 1. The Kier molecular flexibility index (Phi) is 12.9. The van der Waals surface area contributed by atoms with Crippen molar-refractivity contribution in [3.05, 3.63) is 12.2 Å². The molecule has 1 N–H and O–H groups in total. The fourth-order valence-corrected chi connectivity index (χ4v) is 1.60. The molecule has 0 fully saturated rings. The van der Waals surface area contributed by atoms with Crippen LogP contribution in [0.2, 0.25) is 0 Å². The van der Waals surface area contributed by atoms with E-state index in [0.717, 1.165) is 45.3 Å². The maximum absolute atomic E-state index is 11.4. The molecule has 0 unspecified atom stereocenters. The van der Waals surface area contributed by atoms with Gasteiger partial charge in [0.1, 0.15) is 0 Å². The first-order valence-corrected chi connectivity index (χ1v) is 7.33. The van der Waals surface area contributed by atoms with Crippen LogP contribution in [0, 0.1) is 0 Å². The highest BCUT2D eigenvalue weighted by atomic mass is 16.5. The molecule has 0 atom stereocenters. The molecule has 0 aliphatic heterocycles. The fraction of sp³-hybridized carbons (Fsp3) is 0.800. The average molecular weight is 270 g/mol. The first-order valence-electron chi connectivity index (χ1n) is 7.33. The van der Waals surface area contributed by atoms with E-state index in [-0.39, 0.29) is 5.97 Å². The van der Waals surface area contributed by atoms with E-state index in [4.69, 9.17) is 4.74 Å². The van der Waals surface area contributed by atoms with Crippen molar-refractivity contribution in [3.63, 3.8) is 0 Å². The maximum atomic E-state index is 11.4. The van der Waals surface area contributed by atoms with Gasteiger partial charge in [-0.25, -0.2) is 0 Å². The molecule has 0 bridgehead atoms. The van der Waals surface area contributed by atoms with E-state index >= 15 is 0 Å². The Hall–Kier alpha value is -0.870. The smallest absolute Gasteiger partial charge is 0.305 e. The lowest BCUT2D eigenvalue weighted by molar-refractivity contribution is -0.143. The van der Waals surface area contributed by atoms with Gasteiger partial charge in [-0.05, 0) is 59.4 Å². The third-order valence-corrected chi connectivity index (χ3v) is 2.64. The van der Waals surface area contributed by atoms with Crippen molar-refractivity contribution < 1.29 is 9.53 Å². The monoisotopic (exact) mass is 270 g/mol. The normalized spacial score (nSPS) is 11.4. The number of hydrogen-bond donors (Lipinski definition) is 1. The molecule has 0 rings (SSSR count). The van der Waals surface area contributed by atoms with Crippen molar-refractivity contribution in [3.8, 4) is 0 Å². The molecular weight excluding hydrogens is 240 g/mol. The summed E-state index contributed by atoms with van der Waals surface area (Å²) in [6, 6.07) is 0. The number of carbonyl (C=O) groups is 1. The van der Waals surface area contributed by atoms with Crippen molar-refractivity contribution >= 4 is 5.97 Å². The number of ether oxygens (including phenoxy) is 1. The molecule has 0 spiro atoms. The lowest BCUT2D eigenvalue weighted by Gasteiger charge is -2.09. The average Bonchev–Trinajstić information content (AvgIpc) is 2.37. The highest BCUT2D eigenvalue weighted by molar-refractivity contribution is 5.69. The van der Waals surface area contributed by atoms with Crippen LogP contribution in [0.4, 0.5) is 0 Å². The molecule has 4 nitrogen and oxygen atoms in total. The van der Waals surface area contributed by atoms with Crippen molar-refractivity contribution in [1.82, 2.24) is 10.2 Å². The minimum Gasteiger partial charge on any atom is -0.465 e. The van der Waals surface area contributed by atoms with Crippen LogP contribution in [0.1, 0.15) is 39.0 Å². The highest BCUT2D eigenvalue weighted by Crippen LogP contribution is 1.94. The minimum atomic E-state index is -0.0833. The molecule has 0 amide bonds. The fourth-order valence-electron chi connectivity index (χ4n) is 1.60. The van der Waals surface area contributed by atoms with Crippen molar-refractivity contribution in [2.24, 2.45) is 0 Å². The quantitative estimate of drug-likeness (QED) is 0.335. The first-order chi connectivity index (χ1) is 9.16. The Balaban J connectivity index is 3.22. The summed E-state index contributed by atoms with van der Waals surface area (Å²) in [4.78, 5) is 13.5. The SMILES string of the molecule is CC/C=C\CCOC(=O)CCCNCCCN(C)C. The number of nitrogens with zero attached hydrogens (tertiary/aromatic N) is 1. The second-order valence-corrected chi connectivity index (χ2v) is 4.90. The van der Waals surface area contributed by atoms with Crippen LogP contribution in [0.15, 0.2) is 12.2 Å². The summed E-state index contributed by atoms with van der Waals surface area (Å²) >= 11 is 0. The van der Waals surface area contributed by atoms with Crippen LogP contribution in [0.5, 0.6) is 0 Å². The largest absolute Gasteiger partial charge is 0.465 e. The number of rotatable bonds is 12. The number of hydrogen-bond acceptors (Lipinski definition) is 4. The van der Waals surface area contributed by atoms with Gasteiger partial charge in [-0.2, -0.15) is 0 Å². The van der Waals surface area contributed by atoms with Gasteiger partial charge in [0.25, 0.3) is 0 Å². The van der Waals surface area contributed by atoms with Gasteiger partial charge in [0.05, 0.1) is 6.61 Å². The van der Waals surface area contributed by atoms with Gasteiger partial charge in [-0.15, -0.1) is 0 Å². The standard InChI is InChI=1S/C15H30N2O2/c1-4-5-6-7-14-19-15(18)10-8-11-16-12-9-13-17(2)3/h5-6,16H,4,7-14H2,1-3H3/b6-5-. The zero-order valence-corrected chi connectivity index (χ0v) is 12.8. The van der Waals surface area contributed by atoms with E-state index in [1.165, 1.54) is 0 Å². The Morgan fingerprint density at radius 3 is 2.63 bits per heavy atom. The molecule has 0 aliphatic carbocycles. The Morgan fingerprint density at radius 2 is 1.95 bits per heavy atom. The summed E-state index contributed by atoms with van der Waals surface area (Å²) in [7, 11) is 4.15. The van der Waals surface area contributed by atoms with Gasteiger partial charge in [-0.1, -0.05) is 19.1 Å². The minimum absolute atomic E-state index is 0.0833. The van der Waals surface area contributed by atoms with Gasteiger partial charge >= 0.3 is 5.97 Å². The van der Waals surface area contributed by atoms with E-state index < -0.39 is 0 Å². The summed E-state index contributed by atoms with van der Waals surface area (Å²) in [6.45, 7) is 5.59. The summed E-state index contributed by atoms with van der Waals surface area (Å²) in [6.07, 6.45) is 8.51. The summed E-state index contributed by atoms with van der Waals surface area (Å²) in [5, 5.41) is 3.33. The zero-order chi connectivity index (χ0) is 14.3. The molecule has 0 saturated heterocycles. The van der Waals surface area contributed by atoms with Crippen LogP contribution in [0.25, 0.3) is 0 Å². The van der Waals surface area contributed by atoms with Gasteiger partial charge in [0, 0.05) is 6.42 Å². The number of carbonyl (C=O) groups excluding carboxylic acids is 1. The van der Waals surface area contributed by atoms with Gasteiger partial charge in [0.15, 0.2) is 0 Å². The predicted molar refractivity (Wildman–Crippen MR) is 80.3 cm³/mol. The van der Waals surface area contributed by atoms with E-state index in [1.807, 2.05) is 0 Å². The van der Waals surface area contributed by atoms with Gasteiger partial charge in [0.2, 0.25) is 0 Å². The number of nitrogens with one attached hydrogen (secondary N) is 1. The lowest BCUT2D eigenvalue weighted by atomic mass is 10.3. The number of esters is 1. The molecule has 0 aromatic carbocycles. The van der Waals surface area contributed by atoms with Crippen molar-refractivity contribution in [2.45, 2.75) is 39.0 Å². The summed E-state index contributed by atoms with van der Waals surface area (Å²) < 4.78 is 5.12. The van der Waals surface area contributed by atoms with E-state index in [1.54, 1.807) is 0 Å². The third kappa shape index (κ3) is 15.1. The maximum Gasteiger partial charge on any atom is 0.305 e. The highest BCUT2D eigenvalue weighted by Gasteiger charge is 2.01. The predicted octanol–water partition coefficient (Wildman–Crippen LogP) is 2.21. The molecule has 19 heavy (non-hydrogen) atoms. The summed E-state index contributed by atoms with van der Waals surface area (Å²) in [5.74, 6) is -0.0833. The second kappa shape index (κ2) is 13.6. The Morgan fingerprint density at radius 1 is 1.21 bits per heavy atom. The molecule has 112 valence electrons. The molecule has 0 aromatic heterocycles. The molecule has 0 aromatic rings. The molecule has 0 radical (unpaired) electrons. The Labute approximate surface area is 118 Å². The van der Waals surface area contributed by atoms with Crippen LogP contribution in [-0.4, -0.2) is 51.2 Å². The lowest BCUT2D eigenvalue weighted by Crippen LogP contribution is -2.22. The zero-order valence-electron chi connectivity index (χ0n) is 12.8. The molecule has 0 aliphatic rings. The second-order valence-electron chi connectivity index (χ2n) is 4.90. The van der Waals surface area contributed by atoms with Gasteiger partial charge < -0.3 is 15.0 Å². The van der Waals surface area contributed by atoms with Crippen LogP contribution in [-0.2, 0) is 9.53 Å². The molecule has 0 saturated carbocycles. The van der Waals surface area contributed by atoms with Crippen LogP contribution >= 0.6 is 0 Å². The molecule has 4 heteroatoms. The van der Waals surface area contributed by atoms with Crippen molar-refractivity contribution in [2.75, 3.05) is 40.3 Å². The molecule has 0 heterocycles. The third-order valence-electron chi connectivity index (χ3n) is 2.64. The summed E-state index contributed by atoms with van der Waals surface area (Å²) in [5.41, 5.74) is 0. The van der Waals surface area contributed by atoms with Crippen LogP contribution < -0.4 is 5.32 Å². The Bertz CT molecular complexity index is 240. The van der Waals surface area contributed by atoms with E-state index in [2.05, 4.69) is 43.4 Å². The van der Waals surface area contributed by atoms with E-state index in [0.29, 0.717) is 13.0 Å². The topological polar surface area (TPSA) is 41.6 Å². The molecular formula is C15H30N2O2. The first kappa shape index (κ1) is 18.1.